The number of nitrogens with zero attached hydrogens (tertiary/aromatic N) is 5. The molecule has 0 saturated heterocycles. The predicted molar refractivity (Wildman–Crippen MR) is 127 cm³/mol. The van der Waals surface area contributed by atoms with Crippen LogP contribution in [0.1, 0.15) is 35.4 Å². The van der Waals surface area contributed by atoms with Gasteiger partial charge in [-0.05, 0) is 48.1 Å². The van der Waals surface area contributed by atoms with E-state index >= 15 is 0 Å². The van der Waals surface area contributed by atoms with Crippen LogP contribution < -0.4 is 9.64 Å². The van der Waals surface area contributed by atoms with E-state index in [0.29, 0.717) is 31.0 Å². The summed E-state index contributed by atoms with van der Waals surface area (Å²) in [5.41, 5.74) is 2.02. The first kappa shape index (κ1) is 22.4. The van der Waals surface area contributed by atoms with Crippen LogP contribution in [0.2, 0.25) is 5.02 Å². The maximum absolute atomic E-state index is 12.6. The Bertz CT molecular complexity index is 1130. The Hall–Kier alpha value is -2.84. The van der Waals surface area contributed by atoms with Crippen LogP contribution in [0.4, 0.5) is 5.82 Å². The Kier molecular flexibility index (Phi) is 7.12. The number of ether oxygens (including phenoxy) is 1. The molecule has 3 heterocycles. The van der Waals surface area contributed by atoms with Gasteiger partial charge in [0.05, 0.1) is 13.2 Å². The first-order valence-corrected chi connectivity index (χ1v) is 11.3. The van der Waals surface area contributed by atoms with Crippen molar-refractivity contribution in [1.29, 1.82) is 0 Å². The maximum atomic E-state index is 12.6. The average molecular weight is 470 g/mol. The first-order chi connectivity index (χ1) is 15.5. The average Bonchev–Trinajstić information content (AvgIpc) is 3.21. The number of rotatable bonds is 7. The highest BCUT2D eigenvalue weighted by atomic mass is 35.5. The Morgan fingerprint density at radius 1 is 1.31 bits per heavy atom. The Morgan fingerprint density at radius 2 is 2.19 bits per heavy atom. The van der Waals surface area contributed by atoms with Crippen molar-refractivity contribution in [1.82, 2.24) is 19.7 Å². The molecule has 4 rings (SSSR count). The molecule has 1 atom stereocenters. The fourth-order valence-corrected chi connectivity index (χ4v) is 4.38. The van der Waals surface area contributed by atoms with Gasteiger partial charge in [-0.15, -0.1) is 17.7 Å². The van der Waals surface area contributed by atoms with Gasteiger partial charge in [-0.1, -0.05) is 23.7 Å². The highest BCUT2D eigenvalue weighted by Gasteiger charge is 2.26. The lowest BCUT2D eigenvalue weighted by Crippen LogP contribution is -2.24. The zero-order chi connectivity index (χ0) is 22.5. The normalized spacial score (nSPS) is 17.0. The van der Waals surface area contributed by atoms with Crippen LogP contribution in [0.15, 0.2) is 60.0 Å². The van der Waals surface area contributed by atoms with Crippen LogP contribution in [0, 0.1) is 5.92 Å². The number of fused-ring (bicyclic) bond motifs is 1. The van der Waals surface area contributed by atoms with Crippen LogP contribution in [0.25, 0.3) is 0 Å². The Labute approximate surface area is 197 Å². The number of benzene rings is 1. The van der Waals surface area contributed by atoms with Crippen molar-refractivity contribution in [2.45, 2.75) is 25.8 Å². The lowest BCUT2D eigenvalue weighted by molar-refractivity contribution is 0.0966. The predicted octanol–water partition coefficient (Wildman–Crippen LogP) is 4.64. The third-order valence-corrected chi connectivity index (χ3v) is 5.92. The molecule has 0 radical (unpaired) electrons. The number of ketones is 1. The van der Waals surface area contributed by atoms with Gasteiger partial charge >= 0.3 is 0 Å². The largest absolute Gasteiger partial charge is 0.489 e. The molecule has 2 aromatic heterocycles. The molecule has 0 saturated carbocycles. The second-order valence-electron chi connectivity index (χ2n) is 7.66. The van der Waals surface area contributed by atoms with Gasteiger partial charge in [-0.2, -0.15) is 0 Å². The highest BCUT2D eigenvalue weighted by molar-refractivity contribution is 7.83. The van der Waals surface area contributed by atoms with Crippen molar-refractivity contribution in [2.75, 3.05) is 18.6 Å². The summed E-state index contributed by atoms with van der Waals surface area (Å²) in [7, 11) is 1.96. The van der Waals surface area contributed by atoms with E-state index in [0.717, 1.165) is 29.2 Å². The van der Waals surface area contributed by atoms with Crippen LogP contribution >= 0.6 is 24.2 Å². The number of pyridine rings is 1. The van der Waals surface area contributed by atoms with E-state index in [9.17, 15) is 4.79 Å². The smallest absolute Gasteiger partial charge is 0.217 e. The summed E-state index contributed by atoms with van der Waals surface area (Å²) in [6.45, 7) is 1.02. The molecule has 0 bridgehead atoms. The van der Waals surface area contributed by atoms with E-state index in [-0.39, 0.29) is 17.5 Å². The third-order valence-electron chi connectivity index (χ3n) is 5.42. The fourth-order valence-electron chi connectivity index (χ4n) is 3.78. The minimum atomic E-state index is -0.0703. The van der Waals surface area contributed by atoms with Crippen molar-refractivity contribution >= 4 is 35.8 Å². The quantitative estimate of drug-likeness (QED) is 0.401. The molecule has 1 aliphatic heterocycles. The van der Waals surface area contributed by atoms with E-state index in [1.165, 1.54) is 0 Å². The molecule has 9 heteroatoms. The lowest BCUT2D eigenvalue weighted by atomic mass is 9.98. The van der Waals surface area contributed by atoms with Gasteiger partial charge < -0.3 is 9.64 Å². The van der Waals surface area contributed by atoms with Gasteiger partial charge in [-0.3, -0.25) is 4.79 Å². The van der Waals surface area contributed by atoms with Gasteiger partial charge in [0.15, 0.2) is 11.6 Å². The van der Waals surface area contributed by atoms with E-state index in [1.54, 1.807) is 22.6 Å². The third kappa shape index (κ3) is 5.14. The van der Waals surface area contributed by atoms with Gasteiger partial charge in [0.2, 0.25) is 11.6 Å². The SMILES string of the molecule is CN1/C(=C/S)[C@@H](CCCC(=O)c2ncn(Cc3cccc(Cl)c3)n2)COc2cccnc21. The second-order valence-corrected chi connectivity index (χ2v) is 8.35. The number of thiol groups is 1. The van der Waals surface area contributed by atoms with Crippen LogP contribution in [0.5, 0.6) is 5.75 Å². The number of hydrogen-bond acceptors (Lipinski definition) is 7. The number of Topliss-reactive ketones (excluding diaryl/α,β-unsaturated/α-hetero) is 1. The zero-order valence-corrected chi connectivity index (χ0v) is 19.3. The molecule has 0 amide bonds. The molecule has 0 spiro atoms. The van der Waals surface area contributed by atoms with Crippen LogP contribution in [-0.4, -0.2) is 39.2 Å². The minimum absolute atomic E-state index is 0.0703. The summed E-state index contributed by atoms with van der Waals surface area (Å²) >= 11 is 10.4. The topological polar surface area (TPSA) is 73.1 Å². The standard InChI is InChI=1S/C23H24ClN5O2S/c1-28-19(14-32)17(13-31-21-9-4-10-25-23(21)28)6-3-8-20(30)22-26-15-29(27-22)12-16-5-2-7-18(24)11-16/h2,4-5,7,9-11,14-15,17,32H,3,6,8,12-13H2,1H3/b19-14+/t17-/m0/s1. The summed E-state index contributed by atoms with van der Waals surface area (Å²) < 4.78 is 7.62. The van der Waals surface area contributed by atoms with E-state index < -0.39 is 0 Å². The zero-order valence-electron chi connectivity index (χ0n) is 17.7. The Balaban J connectivity index is 1.33. The molecule has 0 fully saturated rings. The monoisotopic (exact) mass is 469 g/mol. The lowest BCUT2D eigenvalue weighted by Gasteiger charge is -2.24. The van der Waals surface area contributed by atoms with Gasteiger partial charge in [-0.25, -0.2) is 14.6 Å². The molecule has 7 nitrogen and oxygen atoms in total. The molecular formula is C23H24ClN5O2S. The van der Waals surface area contributed by atoms with Gasteiger partial charge in [0.25, 0.3) is 0 Å². The maximum Gasteiger partial charge on any atom is 0.217 e. The molecule has 0 aliphatic carbocycles. The van der Waals surface area contributed by atoms with E-state index in [1.807, 2.05) is 48.3 Å². The molecule has 32 heavy (non-hydrogen) atoms. The molecule has 0 N–H and O–H groups in total. The van der Waals surface area contributed by atoms with Crippen molar-refractivity contribution in [3.8, 4) is 5.75 Å². The van der Waals surface area contributed by atoms with Crippen LogP contribution in [0.3, 0.4) is 0 Å². The van der Waals surface area contributed by atoms with Gasteiger partial charge in [0, 0.05) is 36.3 Å². The van der Waals surface area contributed by atoms with Crippen molar-refractivity contribution in [2.24, 2.45) is 5.92 Å². The number of anilines is 1. The number of carbonyl (C=O) groups is 1. The highest BCUT2D eigenvalue weighted by Crippen LogP contribution is 2.35. The molecule has 3 aromatic rings. The van der Waals surface area contributed by atoms with Crippen LogP contribution in [-0.2, 0) is 6.54 Å². The molecule has 0 unspecified atom stereocenters. The summed E-state index contributed by atoms with van der Waals surface area (Å²) in [6, 6.07) is 11.3. The summed E-state index contributed by atoms with van der Waals surface area (Å²) in [5.74, 6) is 1.78. The number of halogens is 1. The minimum Gasteiger partial charge on any atom is -0.489 e. The second kappa shape index (κ2) is 10.2. The summed E-state index contributed by atoms with van der Waals surface area (Å²) in [4.78, 5) is 23.2. The number of carbonyl (C=O) groups excluding carboxylic acids is 1. The number of hydrogen-bond donors (Lipinski definition) is 1. The molecule has 166 valence electrons. The van der Waals surface area contributed by atoms with Crippen molar-refractivity contribution in [3.63, 3.8) is 0 Å². The van der Waals surface area contributed by atoms with Crippen molar-refractivity contribution in [3.05, 3.63) is 76.4 Å². The summed E-state index contributed by atoms with van der Waals surface area (Å²) in [5, 5.41) is 6.79. The van der Waals surface area contributed by atoms with E-state index in [4.69, 9.17) is 16.3 Å². The van der Waals surface area contributed by atoms with E-state index in [2.05, 4.69) is 27.7 Å². The number of aromatic nitrogens is 4. The summed E-state index contributed by atoms with van der Waals surface area (Å²) in [6.07, 6.45) is 5.16. The fraction of sp³-hybridized carbons (Fsp3) is 0.304. The molecule has 1 aromatic carbocycles. The Morgan fingerprint density at radius 3 is 3.00 bits per heavy atom. The molecule has 1 aliphatic rings. The first-order valence-electron chi connectivity index (χ1n) is 10.4. The molecular weight excluding hydrogens is 446 g/mol. The van der Waals surface area contributed by atoms with Gasteiger partial charge in [0.1, 0.15) is 6.33 Å². The van der Waals surface area contributed by atoms with Crippen molar-refractivity contribution < 1.29 is 9.53 Å².